The van der Waals surface area contributed by atoms with Crippen molar-refractivity contribution in [3.63, 3.8) is 0 Å². The number of ether oxygens (including phenoxy) is 1. The van der Waals surface area contributed by atoms with Crippen LogP contribution in [0.3, 0.4) is 0 Å². The number of nitrogens with one attached hydrogen (secondary N) is 2. The third-order valence-electron chi connectivity index (χ3n) is 4.70. The van der Waals surface area contributed by atoms with Crippen LogP contribution < -0.4 is 10.6 Å². The Labute approximate surface area is 196 Å². The predicted octanol–water partition coefficient (Wildman–Crippen LogP) is 3.70. The number of hydrogen-bond donors (Lipinski definition) is 2. The second kappa shape index (κ2) is 10.4. The van der Waals surface area contributed by atoms with Crippen LogP contribution in [0.25, 0.3) is 0 Å². The minimum absolute atomic E-state index is 0.00823. The van der Waals surface area contributed by atoms with E-state index in [1.165, 1.54) is 19.2 Å². The van der Waals surface area contributed by atoms with Crippen LogP contribution in [0.5, 0.6) is 0 Å². The van der Waals surface area contributed by atoms with E-state index in [2.05, 4.69) is 32.6 Å². The van der Waals surface area contributed by atoms with Crippen molar-refractivity contribution in [2.75, 3.05) is 18.2 Å². The van der Waals surface area contributed by atoms with Crippen molar-refractivity contribution in [2.45, 2.75) is 5.92 Å². The summed E-state index contributed by atoms with van der Waals surface area (Å²) in [6, 6.07) is 14.9. The highest BCUT2D eigenvalue weighted by Crippen LogP contribution is 2.40. The van der Waals surface area contributed by atoms with E-state index >= 15 is 0 Å². The van der Waals surface area contributed by atoms with Crippen molar-refractivity contribution in [1.82, 2.24) is 5.32 Å². The number of nitrogens with zero attached hydrogens (tertiary/aromatic N) is 1. The molecule has 1 heterocycles. The summed E-state index contributed by atoms with van der Waals surface area (Å²) in [6.07, 6.45) is 0. The number of halogens is 2. The van der Waals surface area contributed by atoms with E-state index < -0.39 is 35.4 Å². The van der Waals surface area contributed by atoms with E-state index in [-0.39, 0.29) is 22.0 Å². The number of rotatable bonds is 6. The summed E-state index contributed by atoms with van der Waals surface area (Å²) in [4.78, 5) is 37.4. The molecule has 32 heavy (non-hydrogen) atoms. The summed E-state index contributed by atoms with van der Waals surface area (Å²) >= 11 is 4.06. The Morgan fingerprint density at radius 3 is 2.62 bits per heavy atom. The fourth-order valence-electron chi connectivity index (χ4n) is 3.25. The maximum Gasteiger partial charge on any atom is 0.319 e. The molecule has 3 rings (SSSR count). The van der Waals surface area contributed by atoms with E-state index in [0.29, 0.717) is 10.0 Å². The van der Waals surface area contributed by atoms with E-state index in [1.54, 1.807) is 36.4 Å². The predicted molar refractivity (Wildman–Crippen MR) is 121 cm³/mol. The zero-order valence-electron chi connectivity index (χ0n) is 16.7. The quantitative estimate of drug-likeness (QED) is 0.446. The number of amides is 2. The van der Waals surface area contributed by atoms with Gasteiger partial charge in [0.25, 0.3) is 0 Å². The molecule has 2 aromatic carbocycles. The van der Waals surface area contributed by atoms with Crippen LogP contribution >= 0.6 is 27.7 Å². The van der Waals surface area contributed by atoms with Crippen molar-refractivity contribution in [1.29, 1.82) is 5.26 Å². The van der Waals surface area contributed by atoms with Crippen LogP contribution in [-0.2, 0) is 19.1 Å². The lowest BCUT2D eigenvalue weighted by atomic mass is 9.78. The van der Waals surface area contributed by atoms with Gasteiger partial charge in [0.15, 0.2) is 0 Å². The molecule has 0 aromatic heterocycles. The highest BCUT2D eigenvalue weighted by atomic mass is 79.9. The lowest BCUT2D eigenvalue weighted by molar-refractivity contribution is -0.150. The van der Waals surface area contributed by atoms with Crippen molar-refractivity contribution in [3.05, 3.63) is 75.0 Å². The van der Waals surface area contributed by atoms with Gasteiger partial charge in [-0.2, -0.15) is 5.26 Å². The van der Waals surface area contributed by atoms with Gasteiger partial charge in [0.2, 0.25) is 11.8 Å². The van der Waals surface area contributed by atoms with Crippen LogP contribution in [0.2, 0.25) is 0 Å². The normalized spacial score (nSPS) is 17.9. The summed E-state index contributed by atoms with van der Waals surface area (Å²) in [7, 11) is 1.17. The van der Waals surface area contributed by atoms with Crippen LogP contribution in [0.1, 0.15) is 11.5 Å². The molecule has 0 bridgehead atoms. The number of benzene rings is 2. The van der Waals surface area contributed by atoms with Gasteiger partial charge in [-0.05, 0) is 23.8 Å². The Kier molecular flexibility index (Phi) is 7.66. The van der Waals surface area contributed by atoms with Gasteiger partial charge < -0.3 is 15.4 Å². The van der Waals surface area contributed by atoms with E-state index in [0.717, 1.165) is 11.8 Å². The van der Waals surface area contributed by atoms with Gasteiger partial charge in [-0.15, -0.1) is 0 Å². The van der Waals surface area contributed by atoms with Crippen molar-refractivity contribution in [2.24, 2.45) is 5.92 Å². The van der Waals surface area contributed by atoms with Crippen molar-refractivity contribution < 1.29 is 23.5 Å². The van der Waals surface area contributed by atoms with E-state index in [9.17, 15) is 24.0 Å². The van der Waals surface area contributed by atoms with Crippen molar-refractivity contribution in [3.8, 4) is 6.07 Å². The number of anilines is 1. The fourth-order valence-corrected chi connectivity index (χ4v) is 4.44. The van der Waals surface area contributed by atoms with Crippen LogP contribution in [0.15, 0.2) is 63.6 Å². The highest BCUT2D eigenvalue weighted by Gasteiger charge is 2.44. The van der Waals surface area contributed by atoms with Crippen LogP contribution in [0, 0.1) is 23.1 Å². The lowest BCUT2D eigenvalue weighted by Crippen LogP contribution is -2.44. The number of nitriles is 1. The number of hydrogen-bond acceptors (Lipinski definition) is 6. The Bertz CT molecular complexity index is 1130. The lowest BCUT2D eigenvalue weighted by Gasteiger charge is -2.30. The summed E-state index contributed by atoms with van der Waals surface area (Å²) in [6.45, 7) is 0. The average Bonchev–Trinajstić information content (AvgIpc) is 2.79. The molecular weight excluding hydrogens is 501 g/mol. The summed E-state index contributed by atoms with van der Waals surface area (Å²) in [5, 5.41) is 15.0. The largest absolute Gasteiger partial charge is 0.468 e. The van der Waals surface area contributed by atoms with Crippen molar-refractivity contribution >= 4 is 51.2 Å². The second-order valence-corrected chi connectivity index (χ2v) is 8.60. The minimum Gasteiger partial charge on any atom is -0.468 e. The van der Waals surface area contributed by atoms with Gasteiger partial charge in [0.05, 0.1) is 35.2 Å². The zero-order valence-corrected chi connectivity index (χ0v) is 19.1. The van der Waals surface area contributed by atoms with Gasteiger partial charge in [-0.25, -0.2) is 4.39 Å². The highest BCUT2D eigenvalue weighted by molar-refractivity contribution is 9.10. The molecule has 0 aliphatic carbocycles. The molecule has 10 heteroatoms. The Balaban J connectivity index is 1.86. The average molecular weight is 518 g/mol. The molecule has 2 aromatic rings. The third kappa shape index (κ3) is 5.18. The monoisotopic (exact) mass is 517 g/mol. The van der Waals surface area contributed by atoms with Crippen LogP contribution in [0.4, 0.5) is 10.1 Å². The number of esters is 1. The Morgan fingerprint density at radius 2 is 2.00 bits per heavy atom. The van der Waals surface area contributed by atoms with Gasteiger partial charge in [-0.3, -0.25) is 14.4 Å². The molecule has 0 saturated heterocycles. The fraction of sp³-hybridized carbons (Fsp3) is 0.182. The first-order chi connectivity index (χ1) is 15.3. The van der Waals surface area contributed by atoms with Crippen LogP contribution in [-0.4, -0.2) is 30.6 Å². The molecule has 0 fully saturated rings. The first-order valence-electron chi connectivity index (χ1n) is 9.31. The molecule has 7 nitrogen and oxygen atoms in total. The molecule has 0 spiro atoms. The molecule has 2 N–H and O–H groups in total. The molecule has 0 radical (unpaired) electrons. The number of thioether (sulfide) groups is 1. The number of methoxy groups -OCH3 is 1. The van der Waals surface area contributed by atoms with Gasteiger partial charge in [0.1, 0.15) is 11.7 Å². The maximum absolute atomic E-state index is 14.0. The standard InChI is InChI=1S/C22H17BrFN3O4S/c1-31-22(30)19-18(12-5-3-2-4-6-12)14(10-25)21(27-20(19)29)32-11-17(28)26-16-8-7-13(23)9-15(16)24/h2-9,18-19H,11H2,1H3,(H,26,28)(H,27,29)/t18-,19-/m0/s1. The molecule has 1 aliphatic heterocycles. The zero-order chi connectivity index (χ0) is 23.3. The van der Waals surface area contributed by atoms with Gasteiger partial charge in [-0.1, -0.05) is 58.0 Å². The molecule has 164 valence electrons. The Morgan fingerprint density at radius 1 is 1.28 bits per heavy atom. The van der Waals surface area contributed by atoms with E-state index in [4.69, 9.17) is 4.74 Å². The second-order valence-electron chi connectivity index (χ2n) is 6.69. The molecule has 1 aliphatic rings. The number of allylic oxidation sites excluding steroid dienone is 1. The number of carbonyl (C=O) groups is 3. The molecule has 2 amide bonds. The van der Waals surface area contributed by atoms with E-state index in [1.807, 2.05) is 0 Å². The first kappa shape index (κ1) is 23.5. The summed E-state index contributed by atoms with van der Waals surface area (Å²) < 4.78 is 19.3. The van der Waals surface area contributed by atoms with Gasteiger partial charge >= 0.3 is 5.97 Å². The third-order valence-corrected chi connectivity index (χ3v) is 6.21. The summed E-state index contributed by atoms with van der Waals surface area (Å²) in [5.74, 6) is -4.83. The minimum atomic E-state index is -1.24. The first-order valence-corrected chi connectivity index (χ1v) is 11.1. The molecule has 0 unspecified atom stereocenters. The maximum atomic E-state index is 14.0. The molecule has 0 saturated carbocycles. The molecule has 2 atom stereocenters. The smallest absolute Gasteiger partial charge is 0.319 e. The molecular formula is C22H17BrFN3O4S. The Hall–Kier alpha value is -3.16. The number of carbonyl (C=O) groups excluding carboxylic acids is 3. The SMILES string of the molecule is COC(=O)[C@@H]1C(=O)NC(SCC(=O)Nc2ccc(Br)cc2F)=C(C#N)[C@@H]1c1ccccc1. The topological polar surface area (TPSA) is 108 Å². The van der Waals surface area contributed by atoms with Gasteiger partial charge in [0, 0.05) is 10.4 Å². The summed E-state index contributed by atoms with van der Waals surface area (Å²) in [5.41, 5.74) is 0.737.